The summed E-state index contributed by atoms with van der Waals surface area (Å²) >= 11 is 7.38. The standard InChI is InChI=1S/C25H21ClN2O6S/c1-13-20(26)7-4-8-21(13)28-22(29)14(2)35-17-6-3-5-16(12-17)27-23(30)18-10-9-15(24(31)32)11-19(18)25(33)34/h3-12,14H,1-2H3,(H,27,30)(H,28,29)(H,31,32)(H,33,34). The zero-order valence-electron chi connectivity index (χ0n) is 18.7. The van der Waals surface area contributed by atoms with Crippen molar-refractivity contribution in [2.45, 2.75) is 24.0 Å². The predicted octanol–water partition coefficient (Wildman–Crippen LogP) is 5.42. The van der Waals surface area contributed by atoms with Crippen molar-refractivity contribution in [2.24, 2.45) is 0 Å². The summed E-state index contributed by atoms with van der Waals surface area (Å²) in [7, 11) is 0. The molecule has 10 heteroatoms. The number of carboxylic acids is 2. The van der Waals surface area contributed by atoms with Gasteiger partial charge in [-0.3, -0.25) is 9.59 Å². The summed E-state index contributed by atoms with van der Waals surface area (Å²) in [5.41, 5.74) is 0.940. The number of benzene rings is 3. The second-order valence-electron chi connectivity index (χ2n) is 7.51. The minimum absolute atomic E-state index is 0.176. The van der Waals surface area contributed by atoms with Gasteiger partial charge in [-0.05, 0) is 67.9 Å². The van der Waals surface area contributed by atoms with E-state index in [2.05, 4.69) is 10.6 Å². The number of thioether (sulfide) groups is 1. The van der Waals surface area contributed by atoms with Crippen LogP contribution in [0.2, 0.25) is 5.02 Å². The lowest BCUT2D eigenvalue weighted by Crippen LogP contribution is -2.22. The van der Waals surface area contributed by atoms with Crippen LogP contribution in [0.5, 0.6) is 0 Å². The van der Waals surface area contributed by atoms with Crippen LogP contribution < -0.4 is 10.6 Å². The van der Waals surface area contributed by atoms with E-state index in [1.165, 1.54) is 11.8 Å². The summed E-state index contributed by atoms with van der Waals surface area (Å²) in [6.45, 7) is 3.56. The van der Waals surface area contributed by atoms with Crippen LogP contribution in [0.4, 0.5) is 11.4 Å². The van der Waals surface area contributed by atoms with Crippen LogP contribution in [0.25, 0.3) is 0 Å². The summed E-state index contributed by atoms with van der Waals surface area (Å²) in [5, 5.41) is 24.0. The lowest BCUT2D eigenvalue weighted by atomic mass is 10.0. The molecule has 8 nitrogen and oxygen atoms in total. The van der Waals surface area contributed by atoms with Crippen molar-refractivity contribution >= 4 is 58.5 Å². The zero-order valence-corrected chi connectivity index (χ0v) is 20.2. The third-order valence-corrected chi connectivity index (χ3v) is 6.54. The molecule has 0 heterocycles. The Hall–Kier alpha value is -3.82. The highest BCUT2D eigenvalue weighted by atomic mass is 35.5. The first kappa shape index (κ1) is 25.8. The Morgan fingerprint density at radius 3 is 2.29 bits per heavy atom. The minimum atomic E-state index is -1.42. The fraction of sp³-hybridized carbons (Fsp3) is 0.120. The molecular formula is C25H21ClN2O6S. The molecule has 3 rings (SSSR count). The molecular weight excluding hydrogens is 492 g/mol. The van der Waals surface area contributed by atoms with E-state index in [1.807, 2.05) is 6.92 Å². The van der Waals surface area contributed by atoms with Gasteiger partial charge in [0.2, 0.25) is 5.91 Å². The molecule has 0 spiro atoms. The van der Waals surface area contributed by atoms with Crippen LogP contribution in [0, 0.1) is 6.92 Å². The molecule has 0 fully saturated rings. The molecule has 3 aromatic rings. The molecule has 180 valence electrons. The Bertz CT molecular complexity index is 1330. The number of rotatable bonds is 8. The summed E-state index contributed by atoms with van der Waals surface area (Å²) in [5.74, 6) is -3.65. The fourth-order valence-corrected chi connectivity index (χ4v) is 4.23. The monoisotopic (exact) mass is 512 g/mol. The van der Waals surface area contributed by atoms with Gasteiger partial charge in [-0.25, -0.2) is 9.59 Å². The highest BCUT2D eigenvalue weighted by molar-refractivity contribution is 8.00. The van der Waals surface area contributed by atoms with Crippen LogP contribution in [-0.2, 0) is 4.79 Å². The van der Waals surface area contributed by atoms with E-state index in [1.54, 1.807) is 49.4 Å². The lowest BCUT2D eigenvalue weighted by Gasteiger charge is -2.15. The van der Waals surface area contributed by atoms with Crippen molar-refractivity contribution in [3.05, 3.63) is 87.9 Å². The first-order chi connectivity index (χ1) is 16.6. The van der Waals surface area contributed by atoms with E-state index in [9.17, 15) is 24.3 Å². The first-order valence-corrected chi connectivity index (χ1v) is 11.6. The number of carbonyl (C=O) groups excluding carboxylic acids is 2. The molecule has 3 aromatic carbocycles. The molecule has 1 atom stereocenters. The lowest BCUT2D eigenvalue weighted by molar-refractivity contribution is -0.115. The van der Waals surface area contributed by atoms with Gasteiger partial charge in [0.15, 0.2) is 0 Å². The predicted molar refractivity (Wildman–Crippen MR) is 135 cm³/mol. The van der Waals surface area contributed by atoms with Crippen molar-refractivity contribution in [1.29, 1.82) is 0 Å². The van der Waals surface area contributed by atoms with Gasteiger partial charge >= 0.3 is 11.9 Å². The summed E-state index contributed by atoms with van der Waals surface area (Å²) in [4.78, 5) is 48.8. The van der Waals surface area contributed by atoms with Crippen molar-refractivity contribution in [3.8, 4) is 0 Å². The van der Waals surface area contributed by atoms with Crippen LogP contribution in [0.3, 0.4) is 0 Å². The van der Waals surface area contributed by atoms with Gasteiger partial charge in [0, 0.05) is 21.3 Å². The number of anilines is 2. The molecule has 0 saturated heterocycles. The number of amides is 2. The number of carboxylic acid groups (broad SMARTS) is 2. The van der Waals surface area contributed by atoms with Gasteiger partial charge in [0.05, 0.1) is 21.9 Å². The van der Waals surface area contributed by atoms with Gasteiger partial charge in [-0.1, -0.05) is 23.7 Å². The van der Waals surface area contributed by atoms with E-state index >= 15 is 0 Å². The zero-order chi connectivity index (χ0) is 25.7. The van der Waals surface area contributed by atoms with Gasteiger partial charge < -0.3 is 20.8 Å². The van der Waals surface area contributed by atoms with E-state index in [0.717, 1.165) is 23.8 Å². The Kier molecular flexibility index (Phi) is 8.16. The molecule has 0 aromatic heterocycles. The highest BCUT2D eigenvalue weighted by Crippen LogP contribution is 2.28. The SMILES string of the molecule is Cc1c(Cl)cccc1NC(=O)C(C)Sc1cccc(NC(=O)c2ccc(C(=O)O)cc2C(=O)O)c1. The van der Waals surface area contributed by atoms with Crippen molar-refractivity contribution in [2.75, 3.05) is 10.6 Å². The van der Waals surface area contributed by atoms with Gasteiger partial charge in [-0.2, -0.15) is 0 Å². The number of halogens is 1. The average molecular weight is 513 g/mol. The maximum absolute atomic E-state index is 12.7. The second kappa shape index (κ2) is 11.1. The number of hydrogen-bond acceptors (Lipinski definition) is 5. The van der Waals surface area contributed by atoms with Crippen LogP contribution in [0.15, 0.2) is 65.6 Å². The fourth-order valence-electron chi connectivity index (χ4n) is 3.13. The third kappa shape index (κ3) is 6.40. The van der Waals surface area contributed by atoms with Crippen LogP contribution >= 0.6 is 23.4 Å². The van der Waals surface area contributed by atoms with Crippen LogP contribution in [0.1, 0.15) is 43.6 Å². The third-order valence-electron chi connectivity index (χ3n) is 5.04. The van der Waals surface area contributed by atoms with E-state index in [-0.39, 0.29) is 17.0 Å². The maximum atomic E-state index is 12.7. The first-order valence-electron chi connectivity index (χ1n) is 10.3. The molecule has 35 heavy (non-hydrogen) atoms. The topological polar surface area (TPSA) is 133 Å². The van der Waals surface area contributed by atoms with E-state index in [4.69, 9.17) is 16.7 Å². The summed E-state index contributed by atoms with van der Waals surface area (Å²) in [6.07, 6.45) is 0. The van der Waals surface area contributed by atoms with E-state index in [0.29, 0.717) is 21.3 Å². The normalized spacial score (nSPS) is 11.4. The van der Waals surface area contributed by atoms with Crippen LogP contribution in [-0.4, -0.2) is 39.2 Å². The Balaban J connectivity index is 1.72. The average Bonchev–Trinajstić information content (AvgIpc) is 2.81. The highest BCUT2D eigenvalue weighted by Gasteiger charge is 2.20. The quantitative estimate of drug-likeness (QED) is 0.296. The van der Waals surface area contributed by atoms with Crippen molar-refractivity contribution in [3.63, 3.8) is 0 Å². The molecule has 4 N–H and O–H groups in total. The Morgan fingerprint density at radius 1 is 0.886 bits per heavy atom. The number of nitrogens with one attached hydrogen (secondary N) is 2. The molecule has 0 bridgehead atoms. The smallest absolute Gasteiger partial charge is 0.336 e. The Morgan fingerprint density at radius 2 is 1.60 bits per heavy atom. The van der Waals surface area contributed by atoms with E-state index < -0.39 is 28.7 Å². The molecule has 1 unspecified atom stereocenters. The second-order valence-corrected chi connectivity index (χ2v) is 9.34. The largest absolute Gasteiger partial charge is 0.478 e. The molecule has 0 saturated carbocycles. The summed E-state index contributed by atoms with van der Waals surface area (Å²) in [6, 6.07) is 15.3. The Labute approximate surface area is 210 Å². The number of aromatic carboxylic acids is 2. The van der Waals surface area contributed by atoms with Crippen molar-refractivity contribution < 1.29 is 29.4 Å². The molecule has 0 aliphatic heterocycles. The number of carbonyl (C=O) groups is 4. The molecule has 0 aliphatic carbocycles. The molecule has 0 radical (unpaired) electrons. The molecule has 0 aliphatic rings. The maximum Gasteiger partial charge on any atom is 0.336 e. The minimum Gasteiger partial charge on any atom is -0.478 e. The number of hydrogen-bond donors (Lipinski definition) is 4. The van der Waals surface area contributed by atoms with Crippen molar-refractivity contribution in [1.82, 2.24) is 0 Å². The summed E-state index contributed by atoms with van der Waals surface area (Å²) < 4.78 is 0. The van der Waals surface area contributed by atoms with Gasteiger partial charge in [-0.15, -0.1) is 11.8 Å². The van der Waals surface area contributed by atoms with Gasteiger partial charge in [0.1, 0.15) is 0 Å². The molecule has 2 amide bonds. The van der Waals surface area contributed by atoms with Gasteiger partial charge in [0.25, 0.3) is 5.91 Å².